The van der Waals surface area contributed by atoms with Gasteiger partial charge in [-0.3, -0.25) is 14.2 Å². The normalized spacial score (nSPS) is 19.3. The molecular formula is C28H26N4O5S. The van der Waals surface area contributed by atoms with Gasteiger partial charge in [-0.25, -0.2) is 9.79 Å². The van der Waals surface area contributed by atoms with Crippen LogP contribution in [0.2, 0.25) is 0 Å². The highest BCUT2D eigenvalue weighted by Gasteiger charge is 2.35. The van der Waals surface area contributed by atoms with Crippen LogP contribution in [0.4, 0.5) is 5.69 Å². The van der Waals surface area contributed by atoms with Crippen molar-refractivity contribution in [2.45, 2.75) is 26.8 Å². The number of anilines is 1. The van der Waals surface area contributed by atoms with Crippen LogP contribution in [0.3, 0.4) is 0 Å². The van der Waals surface area contributed by atoms with Gasteiger partial charge in [0.25, 0.3) is 11.5 Å². The molecule has 0 saturated carbocycles. The van der Waals surface area contributed by atoms with Crippen LogP contribution in [0.5, 0.6) is 5.75 Å². The Bertz CT molecular complexity index is 1650. The molecule has 9 nitrogen and oxygen atoms in total. The molecule has 0 unspecified atom stereocenters. The first-order valence-electron chi connectivity index (χ1n) is 12.1. The van der Waals surface area contributed by atoms with Crippen LogP contribution in [0.15, 0.2) is 80.8 Å². The molecule has 10 heteroatoms. The number of para-hydroxylation sites is 1. The van der Waals surface area contributed by atoms with E-state index in [9.17, 15) is 14.4 Å². The van der Waals surface area contributed by atoms with Gasteiger partial charge in [0.05, 0.1) is 47.0 Å². The lowest BCUT2D eigenvalue weighted by Gasteiger charge is -2.24. The van der Waals surface area contributed by atoms with Gasteiger partial charge in [0.15, 0.2) is 4.80 Å². The molecule has 38 heavy (non-hydrogen) atoms. The number of rotatable bonds is 6. The number of fused-ring (bicyclic) bond motifs is 1. The second-order valence-electron chi connectivity index (χ2n) is 8.80. The summed E-state index contributed by atoms with van der Waals surface area (Å²) in [6.07, 6.45) is 1.64. The number of ether oxygens (including phenoxy) is 2. The molecule has 1 aromatic heterocycles. The third-order valence-electron chi connectivity index (χ3n) is 6.45. The molecule has 2 atom stereocenters. The van der Waals surface area contributed by atoms with Crippen LogP contribution >= 0.6 is 11.3 Å². The molecule has 3 aromatic rings. The van der Waals surface area contributed by atoms with Gasteiger partial charge in [-0.05, 0) is 56.7 Å². The molecule has 0 aliphatic carbocycles. The maximum atomic E-state index is 13.8. The number of methoxy groups -OCH3 is 1. The summed E-state index contributed by atoms with van der Waals surface area (Å²) in [5.74, 6) is -0.815. The summed E-state index contributed by atoms with van der Waals surface area (Å²) in [6.45, 7) is 5.42. The second kappa shape index (κ2) is 10.2. The molecular weight excluding hydrogens is 504 g/mol. The molecule has 0 spiro atoms. The summed E-state index contributed by atoms with van der Waals surface area (Å²) >= 11 is 1.18. The summed E-state index contributed by atoms with van der Waals surface area (Å²) in [7, 11) is 1.57. The van der Waals surface area contributed by atoms with E-state index in [2.05, 4.69) is 10.1 Å². The Morgan fingerprint density at radius 3 is 2.45 bits per heavy atom. The zero-order valence-electron chi connectivity index (χ0n) is 21.4. The van der Waals surface area contributed by atoms with Gasteiger partial charge in [0.2, 0.25) is 0 Å². The average Bonchev–Trinajstić information content (AvgIpc) is 3.38. The van der Waals surface area contributed by atoms with E-state index in [0.29, 0.717) is 43.3 Å². The second-order valence-corrected chi connectivity index (χ2v) is 9.81. The Labute approximate surface area is 222 Å². The minimum atomic E-state index is -0.742. The molecule has 0 bridgehead atoms. The predicted molar refractivity (Wildman–Crippen MR) is 145 cm³/mol. The van der Waals surface area contributed by atoms with E-state index in [4.69, 9.17) is 9.47 Å². The molecule has 2 aromatic carbocycles. The quantitative estimate of drug-likeness (QED) is 0.456. The van der Waals surface area contributed by atoms with E-state index in [1.165, 1.54) is 20.9 Å². The van der Waals surface area contributed by atoms with Crippen LogP contribution in [-0.4, -0.2) is 35.9 Å². The summed E-state index contributed by atoms with van der Waals surface area (Å²) in [4.78, 5) is 45.1. The minimum absolute atomic E-state index is 0.190. The summed E-state index contributed by atoms with van der Waals surface area (Å²) in [5.41, 5.74) is 2.37. The van der Waals surface area contributed by atoms with Crippen LogP contribution in [-0.2, 0) is 14.3 Å². The maximum absolute atomic E-state index is 13.8. The molecule has 0 saturated heterocycles. The predicted octanol–water partition coefficient (Wildman–Crippen LogP) is 2.80. The van der Waals surface area contributed by atoms with Crippen molar-refractivity contribution in [2.24, 2.45) is 16.0 Å². The molecule has 0 radical (unpaired) electrons. The number of hydrogen-bond donors (Lipinski definition) is 0. The Kier molecular flexibility index (Phi) is 6.81. The van der Waals surface area contributed by atoms with E-state index in [1.54, 1.807) is 58.2 Å². The summed E-state index contributed by atoms with van der Waals surface area (Å²) < 4.78 is 12.5. The van der Waals surface area contributed by atoms with Crippen molar-refractivity contribution < 1.29 is 19.1 Å². The smallest absolute Gasteiger partial charge is 0.338 e. The number of hydrogen-bond acceptors (Lipinski definition) is 8. The number of aromatic nitrogens is 1. The lowest BCUT2D eigenvalue weighted by Crippen LogP contribution is -2.40. The first-order valence-corrected chi connectivity index (χ1v) is 12.9. The fourth-order valence-corrected chi connectivity index (χ4v) is 5.64. The van der Waals surface area contributed by atoms with Crippen molar-refractivity contribution in [3.8, 4) is 5.75 Å². The number of nitrogens with zero attached hydrogens (tertiary/aromatic N) is 4. The van der Waals surface area contributed by atoms with Crippen LogP contribution in [0.1, 0.15) is 32.4 Å². The number of esters is 1. The van der Waals surface area contributed by atoms with Gasteiger partial charge in [-0.15, -0.1) is 0 Å². The monoisotopic (exact) mass is 530 g/mol. The molecule has 2 aliphatic rings. The zero-order chi connectivity index (χ0) is 27.0. The molecule has 194 valence electrons. The largest absolute Gasteiger partial charge is 0.497 e. The summed E-state index contributed by atoms with van der Waals surface area (Å²) in [5, 5.41) is 5.79. The van der Waals surface area contributed by atoms with Crippen molar-refractivity contribution in [1.29, 1.82) is 0 Å². The van der Waals surface area contributed by atoms with Crippen LogP contribution in [0, 0.1) is 5.92 Å². The number of hydrazone groups is 1. The van der Waals surface area contributed by atoms with Gasteiger partial charge in [-0.2, -0.15) is 10.1 Å². The first kappa shape index (κ1) is 25.3. The van der Waals surface area contributed by atoms with Gasteiger partial charge in [0, 0.05) is 0 Å². The van der Waals surface area contributed by atoms with E-state index in [1.807, 2.05) is 30.3 Å². The van der Waals surface area contributed by atoms with Crippen molar-refractivity contribution in [3.05, 3.63) is 91.1 Å². The number of carbonyl (C=O) groups excluding carboxylic acids is 2. The number of amides is 1. The van der Waals surface area contributed by atoms with Crippen molar-refractivity contribution in [3.63, 3.8) is 0 Å². The SMILES string of the molecule is CCOC(=O)C1=C(C)N=c2s/c(=C/[C@@H]3C(=O)N(c4ccccc4)N=C3C)c(=O)n2[C@H]1c1ccc(OC)cc1. The number of thiazole rings is 1. The Balaban J connectivity index is 1.62. The Hall–Kier alpha value is -4.31. The van der Waals surface area contributed by atoms with Gasteiger partial charge < -0.3 is 9.47 Å². The minimum Gasteiger partial charge on any atom is -0.497 e. The molecule has 5 rings (SSSR count). The van der Waals surface area contributed by atoms with Gasteiger partial charge in [-0.1, -0.05) is 41.7 Å². The third-order valence-corrected chi connectivity index (χ3v) is 7.45. The standard InChI is InChI=1S/C28H26N4O5S/c1-5-37-27(35)23-17(3)29-28-31(24(23)18-11-13-20(36-4)14-12-18)26(34)22(38-28)15-21-16(2)30-32(25(21)33)19-9-7-6-8-10-19/h6-15,21,24H,5H2,1-4H3/b22-15+/t21-,24-/m0/s1. The fraction of sp³-hybridized carbons (Fsp3) is 0.250. The Morgan fingerprint density at radius 1 is 1.08 bits per heavy atom. The first-order chi connectivity index (χ1) is 18.3. The molecule has 3 heterocycles. The van der Waals surface area contributed by atoms with Gasteiger partial charge >= 0.3 is 5.97 Å². The van der Waals surface area contributed by atoms with E-state index < -0.39 is 17.9 Å². The Morgan fingerprint density at radius 2 is 1.79 bits per heavy atom. The maximum Gasteiger partial charge on any atom is 0.338 e. The summed E-state index contributed by atoms with van der Waals surface area (Å²) in [6, 6.07) is 15.6. The molecule has 2 aliphatic heterocycles. The van der Waals surface area contributed by atoms with Gasteiger partial charge in [0.1, 0.15) is 11.7 Å². The molecule has 1 amide bonds. The van der Waals surface area contributed by atoms with Crippen molar-refractivity contribution in [1.82, 2.24) is 4.57 Å². The van der Waals surface area contributed by atoms with Crippen LogP contribution < -0.4 is 24.6 Å². The highest BCUT2D eigenvalue weighted by atomic mass is 32.1. The van der Waals surface area contributed by atoms with E-state index in [0.717, 1.165) is 0 Å². The average molecular weight is 531 g/mol. The number of carbonyl (C=O) groups is 2. The van der Waals surface area contributed by atoms with Crippen molar-refractivity contribution in [2.75, 3.05) is 18.7 Å². The van der Waals surface area contributed by atoms with Crippen LogP contribution in [0.25, 0.3) is 6.08 Å². The third kappa shape index (κ3) is 4.37. The van der Waals surface area contributed by atoms with Crippen molar-refractivity contribution >= 4 is 40.7 Å². The van der Waals surface area contributed by atoms with E-state index >= 15 is 0 Å². The topological polar surface area (TPSA) is 103 Å². The lowest BCUT2D eigenvalue weighted by molar-refractivity contribution is -0.139. The fourth-order valence-electron chi connectivity index (χ4n) is 4.58. The van der Waals surface area contributed by atoms with E-state index in [-0.39, 0.29) is 18.1 Å². The number of benzene rings is 2. The number of allylic oxidation sites excluding steroid dienone is 1. The molecule has 0 fully saturated rings. The highest BCUT2D eigenvalue weighted by molar-refractivity contribution is 7.07. The lowest BCUT2D eigenvalue weighted by atomic mass is 9.96. The highest BCUT2D eigenvalue weighted by Crippen LogP contribution is 2.32. The molecule has 0 N–H and O–H groups in total. The zero-order valence-corrected chi connectivity index (χ0v) is 22.2.